The molecule has 1 aliphatic carbocycles. The number of nitrogens with zero attached hydrogens (tertiary/aromatic N) is 4. The largest absolute Gasteiger partial charge is 0.507 e. The van der Waals surface area contributed by atoms with Crippen LogP contribution in [0.3, 0.4) is 0 Å². The molecule has 0 saturated heterocycles. The van der Waals surface area contributed by atoms with Crippen molar-refractivity contribution in [2.24, 2.45) is 0 Å². The van der Waals surface area contributed by atoms with Crippen molar-refractivity contribution < 1.29 is 24.5 Å². The number of methoxy groups -OCH3 is 1. The number of aryl methyl sites for hydroxylation is 1. The number of phenolic OH excluding ortho intramolecular Hbond substituents is 2. The first kappa shape index (κ1) is 29.9. The van der Waals surface area contributed by atoms with Crippen molar-refractivity contribution in [2.45, 2.75) is 32.7 Å². The van der Waals surface area contributed by atoms with Gasteiger partial charge in [-0.25, -0.2) is 14.5 Å². The Bertz CT molecular complexity index is 2550. The summed E-state index contributed by atoms with van der Waals surface area (Å²) in [5, 5.41) is 27.9. The molecule has 1 unspecified atom stereocenters. The van der Waals surface area contributed by atoms with Crippen LogP contribution in [0.4, 0.5) is 0 Å². The quantitative estimate of drug-likeness (QED) is 0.234. The molecule has 3 aromatic heterocycles. The van der Waals surface area contributed by atoms with E-state index in [9.17, 15) is 24.6 Å². The van der Waals surface area contributed by atoms with Gasteiger partial charge in [0, 0.05) is 11.6 Å². The van der Waals surface area contributed by atoms with E-state index in [1.54, 1.807) is 43.8 Å². The number of carbonyl (C=O) groups excluding carboxylic acids is 1. The molecule has 2 aliphatic rings. The molecular formula is C37H29N5O7. The molecular weight excluding hydrogens is 626 g/mol. The summed E-state index contributed by atoms with van der Waals surface area (Å²) in [6, 6.07) is 19.5. The molecule has 4 heterocycles. The number of rotatable bonds is 5. The van der Waals surface area contributed by atoms with Gasteiger partial charge in [0.25, 0.3) is 5.56 Å². The van der Waals surface area contributed by atoms with E-state index in [0.29, 0.717) is 28.4 Å². The third-order valence-corrected chi connectivity index (χ3v) is 9.49. The maximum atomic E-state index is 14.6. The van der Waals surface area contributed by atoms with Gasteiger partial charge >= 0.3 is 5.69 Å². The van der Waals surface area contributed by atoms with E-state index in [-0.39, 0.29) is 68.8 Å². The number of nitrogens with one attached hydrogen (secondary N) is 1. The van der Waals surface area contributed by atoms with Crippen LogP contribution in [0.15, 0.2) is 82.1 Å². The van der Waals surface area contributed by atoms with E-state index in [4.69, 9.17) is 14.5 Å². The number of ether oxygens (including phenoxy) is 2. The number of carbonyl (C=O) groups is 1. The molecule has 0 saturated carbocycles. The van der Waals surface area contributed by atoms with Gasteiger partial charge < -0.3 is 19.7 Å². The number of aromatic amines is 1. The Morgan fingerprint density at radius 1 is 0.939 bits per heavy atom. The molecule has 244 valence electrons. The number of pyridine rings is 1. The summed E-state index contributed by atoms with van der Waals surface area (Å²) in [5.41, 5.74) is 0.800. The molecule has 6 aromatic rings. The van der Waals surface area contributed by atoms with Crippen LogP contribution >= 0.6 is 0 Å². The van der Waals surface area contributed by atoms with E-state index in [0.717, 1.165) is 5.56 Å². The fourth-order valence-corrected chi connectivity index (χ4v) is 6.83. The highest BCUT2D eigenvalue weighted by molar-refractivity contribution is 6.14. The molecule has 8 rings (SSSR count). The van der Waals surface area contributed by atoms with Crippen LogP contribution in [-0.2, 0) is 12.0 Å². The zero-order chi connectivity index (χ0) is 34.4. The second kappa shape index (κ2) is 10.5. The Kier molecular flexibility index (Phi) is 6.44. The maximum Gasteiger partial charge on any atom is 0.330 e. The summed E-state index contributed by atoms with van der Waals surface area (Å²) in [6.45, 7) is 5.08. The minimum absolute atomic E-state index is 0.0445. The number of H-pyrrole nitrogens is 1. The van der Waals surface area contributed by atoms with E-state index >= 15 is 0 Å². The number of aromatic hydroxyl groups is 2. The highest BCUT2D eigenvalue weighted by Gasteiger charge is 2.55. The average molecular weight is 656 g/mol. The van der Waals surface area contributed by atoms with E-state index in [1.165, 1.54) is 23.6 Å². The van der Waals surface area contributed by atoms with Gasteiger partial charge in [0.05, 0.1) is 58.5 Å². The molecule has 0 bridgehead atoms. The Morgan fingerprint density at radius 3 is 2.39 bits per heavy atom. The summed E-state index contributed by atoms with van der Waals surface area (Å²) >= 11 is 0. The Morgan fingerprint density at radius 2 is 1.67 bits per heavy atom. The first-order valence-electron chi connectivity index (χ1n) is 15.5. The van der Waals surface area contributed by atoms with Crippen molar-refractivity contribution in [1.29, 1.82) is 0 Å². The number of fused-ring (bicyclic) bond motifs is 5. The molecule has 0 radical (unpaired) electrons. The van der Waals surface area contributed by atoms with E-state index in [2.05, 4.69) is 10.1 Å². The van der Waals surface area contributed by atoms with Crippen molar-refractivity contribution >= 4 is 22.9 Å². The number of allylic oxidation sites excluding steroid dienone is 1. The van der Waals surface area contributed by atoms with Crippen LogP contribution in [0.5, 0.6) is 23.0 Å². The Balaban J connectivity index is 1.33. The topological polar surface area (TPSA) is 162 Å². The number of aromatic nitrogens is 5. The molecule has 0 fully saturated rings. The number of phenols is 2. The van der Waals surface area contributed by atoms with Gasteiger partial charge in [0.1, 0.15) is 34.2 Å². The summed E-state index contributed by atoms with van der Waals surface area (Å²) < 4.78 is 14.7. The summed E-state index contributed by atoms with van der Waals surface area (Å²) in [5.74, 6) is -0.00881. The van der Waals surface area contributed by atoms with Crippen LogP contribution in [0, 0.1) is 13.8 Å². The van der Waals surface area contributed by atoms with Crippen molar-refractivity contribution in [2.75, 3.05) is 7.11 Å². The standard InChI is InChI=1S/C37H29N5O7/c1-18-30(43)28(24-15-14-23-34(38-24)41(36(47)39-35(23)46)17-20-8-6-5-7-9-20)32-29(31(18)44)37(3)26(49-32)16-25-27(33(37)45)19(2)40-42(25)21-10-12-22(48-4)13-11-21/h5-16,43-44H,17H2,1-4H3,(H,39,46,47). The number of ketones is 1. The van der Waals surface area contributed by atoms with Crippen LogP contribution in [-0.4, -0.2) is 47.4 Å². The number of benzene rings is 3. The van der Waals surface area contributed by atoms with Gasteiger partial charge in [-0.2, -0.15) is 5.10 Å². The molecule has 1 atom stereocenters. The summed E-state index contributed by atoms with van der Waals surface area (Å²) in [4.78, 5) is 47.6. The highest BCUT2D eigenvalue weighted by atomic mass is 16.5. The lowest BCUT2D eigenvalue weighted by molar-refractivity contribution is 0.0905. The Hall–Kier alpha value is -6.43. The molecule has 12 nitrogen and oxygen atoms in total. The maximum absolute atomic E-state index is 14.6. The van der Waals surface area contributed by atoms with Crippen LogP contribution in [0.1, 0.15) is 45.4 Å². The van der Waals surface area contributed by atoms with E-state index < -0.39 is 16.7 Å². The fourth-order valence-electron chi connectivity index (χ4n) is 6.83. The minimum atomic E-state index is -1.47. The third kappa shape index (κ3) is 4.19. The molecule has 3 N–H and O–H groups in total. The van der Waals surface area contributed by atoms with Crippen molar-refractivity contribution in [3.63, 3.8) is 0 Å². The van der Waals surface area contributed by atoms with Gasteiger partial charge in [-0.1, -0.05) is 30.3 Å². The normalized spacial score (nSPS) is 16.2. The third-order valence-electron chi connectivity index (χ3n) is 9.49. The molecule has 1 aliphatic heterocycles. The van der Waals surface area contributed by atoms with Gasteiger partial charge in [0.2, 0.25) is 0 Å². The predicted octanol–water partition coefficient (Wildman–Crippen LogP) is 4.91. The summed E-state index contributed by atoms with van der Waals surface area (Å²) in [6.07, 6.45) is 1.72. The first-order chi connectivity index (χ1) is 23.5. The fraction of sp³-hybridized carbons (Fsp3) is 0.162. The van der Waals surface area contributed by atoms with Crippen molar-refractivity contribution in [3.05, 3.63) is 127 Å². The second-order valence-electron chi connectivity index (χ2n) is 12.3. The average Bonchev–Trinajstić information content (AvgIpc) is 3.60. The number of Topliss-reactive ketones (excluding diaryl/α,β-unsaturated/α-hetero) is 1. The van der Waals surface area contributed by atoms with Crippen LogP contribution < -0.4 is 20.7 Å². The SMILES string of the molecule is COc1ccc(-n2nc(C)c3c2C=C2Oc4c(-c5ccc6c(=O)[nH]c(=O)n(Cc7ccccc7)c6n5)c(O)c(C)c(O)c4C2(C)C3=O)cc1. The van der Waals surface area contributed by atoms with E-state index in [1.807, 2.05) is 42.5 Å². The van der Waals surface area contributed by atoms with Crippen molar-refractivity contribution in [3.8, 4) is 39.9 Å². The molecule has 49 heavy (non-hydrogen) atoms. The second-order valence-corrected chi connectivity index (χ2v) is 12.3. The van der Waals surface area contributed by atoms with Gasteiger partial charge in [0.15, 0.2) is 11.4 Å². The molecule has 0 amide bonds. The zero-order valence-electron chi connectivity index (χ0n) is 26.9. The lowest BCUT2D eigenvalue weighted by Gasteiger charge is -2.27. The monoisotopic (exact) mass is 655 g/mol. The zero-order valence-corrected chi connectivity index (χ0v) is 26.9. The Labute approximate surface area is 278 Å². The number of hydrogen-bond donors (Lipinski definition) is 3. The van der Waals surface area contributed by atoms with Gasteiger partial charge in [-0.15, -0.1) is 0 Å². The molecule has 12 heteroatoms. The lowest BCUT2D eigenvalue weighted by atomic mass is 9.71. The highest BCUT2D eigenvalue weighted by Crippen LogP contribution is 2.60. The first-order valence-corrected chi connectivity index (χ1v) is 15.5. The lowest BCUT2D eigenvalue weighted by Crippen LogP contribution is -2.36. The smallest absolute Gasteiger partial charge is 0.330 e. The van der Waals surface area contributed by atoms with Crippen LogP contribution in [0.2, 0.25) is 0 Å². The minimum Gasteiger partial charge on any atom is -0.507 e. The van der Waals surface area contributed by atoms with Gasteiger partial charge in [-0.3, -0.25) is 19.1 Å². The van der Waals surface area contributed by atoms with Gasteiger partial charge in [-0.05, 0) is 62.7 Å². The molecule has 3 aromatic carbocycles. The predicted molar refractivity (Wildman–Crippen MR) is 181 cm³/mol. The summed E-state index contributed by atoms with van der Waals surface area (Å²) in [7, 11) is 1.58. The van der Waals surface area contributed by atoms with Crippen LogP contribution in [0.25, 0.3) is 34.1 Å². The van der Waals surface area contributed by atoms with Crippen molar-refractivity contribution in [1.82, 2.24) is 24.3 Å². The number of hydrogen-bond acceptors (Lipinski definition) is 9. The molecule has 0 spiro atoms.